The molecule has 2 aliphatic heterocycles. The van der Waals surface area contributed by atoms with Gasteiger partial charge in [-0.3, -0.25) is 9.59 Å². The van der Waals surface area contributed by atoms with E-state index in [2.05, 4.69) is 0 Å². The summed E-state index contributed by atoms with van der Waals surface area (Å²) < 4.78 is 23.7. The van der Waals surface area contributed by atoms with E-state index in [1.807, 2.05) is 19.9 Å². The molecule has 208 valence electrons. The number of hydrogen-bond donors (Lipinski definition) is 4. The van der Waals surface area contributed by atoms with Crippen LogP contribution < -0.4 is 0 Å². The standard InChI is InChI=1S/C28H36O10/c1-12(29)37-22-20(33)21-26(4,28-19(38-28)7-14(25(22,28)3)13-5-6-35-10-13)17(31)8-15-24(2)16(30)9-18(32)27(15,21)11-36-23(24)34/h5-6,10,14-19,21-23,30-32,34H,7-9,11H2,1-4H3/t14-,15-,16+,17+,18-,19+,21-,22-,23?,24+,25+,26+,27+,28+/m0/s1. The number of rotatable bonds is 2. The number of Topliss-reactive ketones (excluding diaryl/α,β-unsaturated/α-hetero) is 1. The Kier molecular flexibility index (Phi) is 4.82. The molecule has 4 N–H and O–H groups in total. The highest BCUT2D eigenvalue weighted by atomic mass is 16.6. The molecule has 1 spiro atoms. The predicted octanol–water partition coefficient (Wildman–Crippen LogP) is 0.895. The minimum Gasteiger partial charge on any atom is -0.472 e. The third-order valence-corrected chi connectivity index (χ3v) is 12.3. The highest BCUT2D eigenvalue weighted by molar-refractivity contribution is 5.92. The van der Waals surface area contributed by atoms with E-state index < -0.39 is 75.8 Å². The summed E-state index contributed by atoms with van der Waals surface area (Å²) in [4.78, 5) is 27.4. The molecule has 10 nitrogen and oxygen atoms in total. The maximum Gasteiger partial charge on any atom is 0.303 e. The van der Waals surface area contributed by atoms with E-state index in [1.165, 1.54) is 6.92 Å². The van der Waals surface area contributed by atoms with Crippen LogP contribution in [-0.4, -0.2) is 81.2 Å². The number of aliphatic hydroxyl groups excluding tert-OH is 4. The van der Waals surface area contributed by atoms with Gasteiger partial charge in [0.25, 0.3) is 0 Å². The number of furan rings is 1. The van der Waals surface area contributed by atoms with E-state index in [-0.39, 0.29) is 37.3 Å². The molecule has 0 amide bonds. The molecule has 0 radical (unpaired) electrons. The van der Waals surface area contributed by atoms with E-state index in [0.717, 1.165) is 5.56 Å². The maximum atomic E-state index is 14.9. The van der Waals surface area contributed by atoms with E-state index in [9.17, 15) is 30.0 Å². The molecular formula is C28H36O10. The van der Waals surface area contributed by atoms with Gasteiger partial charge in [-0.2, -0.15) is 0 Å². The molecule has 3 heterocycles. The van der Waals surface area contributed by atoms with Crippen molar-refractivity contribution in [2.75, 3.05) is 6.61 Å². The van der Waals surface area contributed by atoms with Crippen molar-refractivity contribution in [2.45, 2.75) is 95.3 Å². The average molecular weight is 533 g/mol. The van der Waals surface area contributed by atoms with Crippen LogP contribution in [0.4, 0.5) is 0 Å². The number of fused-ring (bicyclic) bond motifs is 1. The summed E-state index contributed by atoms with van der Waals surface area (Å²) in [5.41, 5.74) is -4.77. The van der Waals surface area contributed by atoms with Gasteiger partial charge in [-0.25, -0.2) is 0 Å². The van der Waals surface area contributed by atoms with Crippen molar-refractivity contribution in [3.8, 4) is 0 Å². The average Bonchev–Trinajstić information content (AvgIpc) is 3.22. The van der Waals surface area contributed by atoms with Crippen LogP contribution in [0.2, 0.25) is 0 Å². The SMILES string of the molecule is CC(=O)O[C@H]1C(=O)[C@@H]2[C@@]34COC(O)[C@@](C)([C@H](O)C[C@@H]3O)[C@@H]4C[C@@H](O)[C@@]2(C)[C@@]23O[C@@H]2C[C@@H](c2ccoc2)[C@]13C. The molecule has 38 heavy (non-hydrogen) atoms. The number of carbonyl (C=O) groups is 2. The summed E-state index contributed by atoms with van der Waals surface area (Å²) in [5.74, 6) is -2.87. The van der Waals surface area contributed by atoms with E-state index in [0.29, 0.717) is 6.42 Å². The first-order chi connectivity index (χ1) is 17.8. The molecule has 1 aromatic rings. The number of aliphatic hydroxyl groups is 4. The summed E-state index contributed by atoms with van der Waals surface area (Å²) in [6.45, 7) is 6.61. The maximum absolute atomic E-state index is 14.9. The minimum absolute atomic E-state index is 0.0478. The number of carbonyl (C=O) groups excluding carboxylic acids is 2. The zero-order valence-corrected chi connectivity index (χ0v) is 22.0. The second kappa shape index (κ2) is 7.27. The van der Waals surface area contributed by atoms with Crippen LogP contribution in [0.5, 0.6) is 0 Å². The summed E-state index contributed by atoms with van der Waals surface area (Å²) in [5, 5.41) is 45.7. The Morgan fingerprint density at radius 2 is 1.76 bits per heavy atom. The van der Waals surface area contributed by atoms with Gasteiger partial charge in [0.05, 0.1) is 49.0 Å². The Morgan fingerprint density at radius 3 is 2.42 bits per heavy atom. The number of esters is 1. The number of ketones is 1. The first-order valence-corrected chi connectivity index (χ1v) is 13.6. The molecule has 6 aliphatic rings. The van der Waals surface area contributed by atoms with E-state index >= 15 is 0 Å². The van der Waals surface area contributed by atoms with Crippen molar-refractivity contribution >= 4 is 11.8 Å². The lowest BCUT2D eigenvalue weighted by molar-refractivity contribution is -0.373. The van der Waals surface area contributed by atoms with Crippen LogP contribution >= 0.6 is 0 Å². The lowest BCUT2D eigenvalue weighted by atomic mass is 9.33. The minimum atomic E-state index is -1.33. The zero-order valence-electron chi connectivity index (χ0n) is 22.0. The molecule has 4 saturated carbocycles. The van der Waals surface area contributed by atoms with Gasteiger partial charge in [0.15, 0.2) is 18.2 Å². The van der Waals surface area contributed by atoms with Crippen molar-refractivity contribution in [3.63, 3.8) is 0 Å². The largest absolute Gasteiger partial charge is 0.472 e. The van der Waals surface area contributed by atoms with Gasteiger partial charge in [0.1, 0.15) is 5.60 Å². The van der Waals surface area contributed by atoms with Gasteiger partial charge in [0.2, 0.25) is 0 Å². The summed E-state index contributed by atoms with van der Waals surface area (Å²) in [6.07, 6.45) is -2.28. The molecule has 4 aliphatic carbocycles. The molecular weight excluding hydrogens is 496 g/mol. The van der Waals surface area contributed by atoms with Crippen LogP contribution in [0.1, 0.15) is 58.4 Å². The Hall–Kier alpha value is -1.82. The highest BCUT2D eigenvalue weighted by Gasteiger charge is 2.92. The first-order valence-electron chi connectivity index (χ1n) is 13.6. The van der Waals surface area contributed by atoms with E-state index in [1.54, 1.807) is 19.5 Å². The molecule has 1 unspecified atom stereocenters. The third-order valence-electron chi connectivity index (χ3n) is 12.3. The van der Waals surface area contributed by atoms with Gasteiger partial charge in [-0.05, 0) is 30.4 Å². The molecule has 1 aromatic heterocycles. The van der Waals surface area contributed by atoms with Crippen LogP contribution in [0, 0.1) is 33.5 Å². The number of ether oxygens (including phenoxy) is 3. The smallest absolute Gasteiger partial charge is 0.303 e. The van der Waals surface area contributed by atoms with Gasteiger partial charge in [-0.15, -0.1) is 0 Å². The topological polar surface area (TPSA) is 159 Å². The van der Waals surface area contributed by atoms with Crippen molar-refractivity contribution in [1.82, 2.24) is 0 Å². The van der Waals surface area contributed by atoms with Gasteiger partial charge in [0, 0.05) is 41.4 Å². The molecule has 2 saturated heterocycles. The van der Waals surface area contributed by atoms with Crippen molar-refractivity contribution in [3.05, 3.63) is 24.2 Å². The fourth-order valence-corrected chi connectivity index (χ4v) is 10.6. The Labute approximate surface area is 220 Å². The van der Waals surface area contributed by atoms with Gasteiger partial charge >= 0.3 is 5.97 Å². The third kappa shape index (κ3) is 2.36. The van der Waals surface area contributed by atoms with Crippen LogP contribution in [0.3, 0.4) is 0 Å². The molecule has 2 bridgehead atoms. The quantitative estimate of drug-likeness (QED) is 0.318. The monoisotopic (exact) mass is 532 g/mol. The number of epoxide rings is 1. The van der Waals surface area contributed by atoms with Crippen molar-refractivity contribution < 1.29 is 48.6 Å². The van der Waals surface area contributed by atoms with Crippen LogP contribution in [0.25, 0.3) is 0 Å². The Bertz CT molecular complexity index is 1200. The number of hydrogen-bond acceptors (Lipinski definition) is 10. The molecule has 14 atom stereocenters. The molecule has 7 rings (SSSR count). The fraction of sp³-hybridized carbons (Fsp3) is 0.786. The van der Waals surface area contributed by atoms with Gasteiger partial charge < -0.3 is 39.1 Å². The van der Waals surface area contributed by atoms with Crippen molar-refractivity contribution in [2.24, 2.45) is 33.5 Å². The zero-order chi connectivity index (χ0) is 27.2. The lowest BCUT2D eigenvalue weighted by Gasteiger charge is -2.72. The van der Waals surface area contributed by atoms with Crippen LogP contribution in [0.15, 0.2) is 23.0 Å². The van der Waals surface area contributed by atoms with Gasteiger partial charge in [-0.1, -0.05) is 20.8 Å². The Morgan fingerprint density at radius 1 is 1.03 bits per heavy atom. The normalized spacial score (nSPS) is 58.3. The fourth-order valence-electron chi connectivity index (χ4n) is 10.6. The van der Waals surface area contributed by atoms with Crippen LogP contribution in [-0.2, 0) is 23.8 Å². The summed E-state index contributed by atoms with van der Waals surface area (Å²) in [6, 6.07) is 1.85. The summed E-state index contributed by atoms with van der Waals surface area (Å²) >= 11 is 0. The van der Waals surface area contributed by atoms with E-state index in [4.69, 9.17) is 18.6 Å². The summed E-state index contributed by atoms with van der Waals surface area (Å²) in [7, 11) is 0. The molecule has 6 fully saturated rings. The highest BCUT2D eigenvalue weighted by Crippen LogP contribution is 2.82. The predicted molar refractivity (Wildman–Crippen MR) is 127 cm³/mol. The molecule has 0 aromatic carbocycles. The second-order valence-corrected chi connectivity index (χ2v) is 13.3. The second-order valence-electron chi connectivity index (χ2n) is 13.3. The Balaban J connectivity index is 1.47. The lowest BCUT2D eigenvalue weighted by Crippen LogP contribution is -2.82. The first kappa shape index (κ1) is 25.2. The van der Waals surface area contributed by atoms with Crippen molar-refractivity contribution in [1.29, 1.82) is 0 Å². The molecule has 10 heteroatoms.